The number of rotatable bonds is 6. The van der Waals surface area contributed by atoms with Gasteiger partial charge in [0.2, 0.25) is 15.9 Å². The predicted molar refractivity (Wildman–Crippen MR) is 138 cm³/mol. The Morgan fingerprint density at radius 3 is 2.54 bits per heavy atom. The number of hydrogen-bond acceptors (Lipinski definition) is 5. The van der Waals surface area contributed by atoms with Crippen LogP contribution in [0.5, 0.6) is 0 Å². The monoisotopic (exact) mass is 513 g/mol. The van der Waals surface area contributed by atoms with Crippen molar-refractivity contribution in [1.29, 1.82) is 0 Å². The van der Waals surface area contributed by atoms with Crippen molar-refractivity contribution in [2.45, 2.75) is 38.5 Å². The summed E-state index contributed by atoms with van der Waals surface area (Å²) in [6.07, 6.45) is 4.56. The van der Waals surface area contributed by atoms with Crippen LogP contribution < -0.4 is 5.32 Å². The molecular weight excluding hydrogens is 486 g/mol. The quantitative estimate of drug-likeness (QED) is 0.472. The van der Waals surface area contributed by atoms with Gasteiger partial charge in [-0.1, -0.05) is 58.7 Å². The average Bonchev–Trinajstić information content (AvgIpc) is 3.21. The van der Waals surface area contributed by atoms with Gasteiger partial charge in [0.15, 0.2) is 10.7 Å². The van der Waals surface area contributed by atoms with E-state index in [1.54, 1.807) is 31.2 Å². The van der Waals surface area contributed by atoms with E-state index >= 15 is 0 Å². The molecule has 9 heteroatoms. The van der Waals surface area contributed by atoms with E-state index < -0.39 is 15.9 Å². The number of amides is 1. The van der Waals surface area contributed by atoms with Crippen molar-refractivity contribution in [2.24, 2.45) is 5.92 Å². The number of hydrogen-bond donors (Lipinski definition) is 1. The van der Waals surface area contributed by atoms with Crippen LogP contribution in [0, 0.1) is 26.7 Å². The Hall–Kier alpha value is -2.94. The van der Waals surface area contributed by atoms with Gasteiger partial charge >= 0.3 is 0 Å². The lowest BCUT2D eigenvalue weighted by Gasteiger charge is -2.31. The second-order valence-electron chi connectivity index (χ2n) is 8.88. The van der Waals surface area contributed by atoms with E-state index in [1.807, 2.05) is 44.2 Å². The minimum absolute atomic E-state index is 0.0310. The van der Waals surface area contributed by atoms with Crippen molar-refractivity contribution >= 4 is 45.4 Å². The average molecular weight is 514 g/mol. The van der Waals surface area contributed by atoms with Crippen molar-refractivity contribution in [3.05, 3.63) is 75.6 Å². The van der Waals surface area contributed by atoms with E-state index in [1.165, 1.54) is 4.31 Å². The van der Waals surface area contributed by atoms with Crippen LogP contribution in [0.3, 0.4) is 0 Å². The third-order valence-electron chi connectivity index (χ3n) is 6.07. The Bertz CT molecular complexity index is 1360. The van der Waals surface area contributed by atoms with Crippen LogP contribution in [0.25, 0.3) is 12.2 Å². The lowest BCUT2D eigenvalue weighted by Crippen LogP contribution is -2.43. The zero-order chi connectivity index (χ0) is 25.2. The van der Waals surface area contributed by atoms with Crippen LogP contribution in [0.4, 0.5) is 5.69 Å². The third-order valence-corrected chi connectivity index (χ3v) is 8.41. The van der Waals surface area contributed by atoms with Crippen LogP contribution in [0.1, 0.15) is 41.0 Å². The second-order valence-corrected chi connectivity index (χ2v) is 11.2. The number of aryl methyl sites for hydroxylation is 3. The lowest BCUT2D eigenvalue weighted by atomic mass is 9.98. The summed E-state index contributed by atoms with van der Waals surface area (Å²) in [5.41, 5.74) is 3.83. The molecule has 1 saturated heterocycles. The molecule has 2 aromatic carbocycles. The molecule has 3 aromatic rings. The minimum atomic E-state index is -3.92. The molecule has 7 nitrogen and oxygen atoms in total. The molecule has 1 aliphatic heterocycles. The van der Waals surface area contributed by atoms with E-state index in [2.05, 4.69) is 10.5 Å². The molecule has 1 amide bonds. The molecule has 4 rings (SSSR count). The van der Waals surface area contributed by atoms with Crippen LogP contribution >= 0.6 is 11.6 Å². The number of nitrogens with zero attached hydrogens (tertiary/aromatic N) is 2. The fourth-order valence-electron chi connectivity index (χ4n) is 4.11. The molecule has 0 spiro atoms. The molecule has 1 atom stereocenters. The van der Waals surface area contributed by atoms with Crippen molar-refractivity contribution in [3.63, 3.8) is 0 Å². The Kier molecular flexibility index (Phi) is 7.44. The van der Waals surface area contributed by atoms with Gasteiger partial charge in [-0.05, 0) is 62.9 Å². The number of piperidine rings is 1. The molecule has 1 fully saturated rings. The Balaban J connectivity index is 1.53. The van der Waals surface area contributed by atoms with Gasteiger partial charge in [0, 0.05) is 13.1 Å². The van der Waals surface area contributed by atoms with E-state index in [0.29, 0.717) is 30.1 Å². The first-order valence-corrected chi connectivity index (χ1v) is 13.2. The largest absolute Gasteiger partial charge is 0.355 e. The number of benzene rings is 2. The highest BCUT2D eigenvalue weighted by Crippen LogP contribution is 2.30. The standard InChI is InChI=1S/C26H28ClN3O4S/c1-17-6-9-20(10-7-17)11-13-24-25(19(3)29-34-24)35(32,33)30-14-4-5-21(16-30)26(31)28-23-12-8-18(2)15-22(23)27/h6-13,15,21H,4-5,14,16H2,1-3H3,(H,28,31)/b13-11+/t21-/m1/s1. The third kappa shape index (κ3) is 5.66. The summed E-state index contributed by atoms with van der Waals surface area (Å²) < 4.78 is 33.9. The number of nitrogens with one attached hydrogen (secondary N) is 1. The summed E-state index contributed by atoms with van der Waals surface area (Å²) in [6, 6.07) is 13.2. The number of carbonyl (C=O) groups excluding carboxylic acids is 1. The summed E-state index contributed by atoms with van der Waals surface area (Å²) in [4.78, 5) is 13.0. The number of sulfonamides is 1. The highest BCUT2D eigenvalue weighted by atomic mass is 35.5. The molecule has 0 radical (unpaired) electrons. The van der Waals surface area contributed by atoms with Crippen molar-refractivity contribution in [3.8, 4) is 0 Å². The summed E-state index contributed by atoms with van der Waals surface area (Å²) in [5.74, 6) is -0.583. The van der Waals surface area contributed by atoms with Crippen molar-refractivity contribution in [2.75, 3.05) is 18.4 Å². The number of aromatic nitrogens is 1. The van der Waals surface area contributed by atoms with Crippen molar-refractivity contribution < 1.29 is 17.7 Å². The molecule has 0 saturated carbocycles. The second kappa shape index (κ2) is 10.4. The first kappa shape index (κ1) is 25.2. The Labute approximate surface area is 210 Å². The van der Waals surface area contributed by atoms with Gasteiger partial charge in [0.1, 0.15) is 5.69 Å². The number of anilines is 1. The minimum Gasteiger partial charge on any atom is -0.355 e. The van der Waals surface area contributed by atoms with Crippen LogP contribution in [-0.2, 0) is 14.8 Å². The molecule has 1 aliphatic rings. The van der Waals surface area contributed by atoms with Crippen LogP contribution in [0.15, 0.2) is 51.9 Å². The summed E-state index contributed by atoms with van der Waals surface area (Å²) in [7, 11) is -3.92. The Morgan fingerprint density at radius 1 is 1.11 bits per heavy atom. The molecule has 2 heterocycles. The van der Waals surface area contributed by atoms with Gasteiger partial charge in [-0.25, -0.2) is 8.42 Å². The fourth-order valence-corrected chi connectivity index (χ4v) is 6.16. The molecule has 1 aromatic heterocycles. The molecule has 0 aliphatic carbocycles. The van der Waals surface area contributed by atoms with Gasteiger partial charge in [-0.2, -0.15) is 4.31 Å². The maximum atomic E-state index is 13.6. The molecule has 1 N–H and O–H groups in total. The maximum absolute atomic E-state index is 13.6. The van der Waals surface area contributed by atoms with Crippen molar-refractivity contribution in [1.82, 2.24) is 9.46 Å². The first-order chi connectivity index (χ1) is 16.6. The van der Waals surface area contributed by atoms with Crippen LogP contribution in [-0.4, -0.2) is 36.9 Å². The zero-order valence-electron chi connectivity index (χ0n) is 19.9. The molecular formula is C26H28ClN3O4S. The van der Waals surface area contributed by atoms with Gasteiger partial charge in [-0.15, -0.1) is 0 Å². The SMILES string of the molecule is Cc1ccc(/C=C/c2onc(C)c2S(=O)(=O)N2CCC[C@@H](C(=O)Nc3ccc(C)cc3Cl)C2)cc1. The summed E-state index contributed by atoms with van der Waals surface area (Å²) in [6.45, 7) is 5.91. The summed E-state index contributed by atoms with van der Waals surface area (Å²) in [5, 5.41) is 7.20. The van der Waals surface area contributed by atoms with E-state index in [4.69, 9.17) is 16.1 Å². The van der Waals surface area contributed by atoms with E-state index in [-0.39, 0.29) is 28.8 Å². The van der Waals surface area contributed by atoms with E-state index in [0.717, 1.165) is 16.7 Å². The zero-order valence-corrected chi connectivity index (χ0v) is 21.5. The normalized spacial score (nSPS) is 17.1. The Morgan fingerprint density at radius 2 is 1.83 bits per heavy atom. The fraction of sp³-hybridized carbons (Fsp3) is 0.308. The number of carbonyl (C=O) groups is 1. The first-order valence-electron chi connectivity index (χ1n) is 11.4. The highest BCUT2D eigenvalue weighted by molar-refractivity contribution is 7.89. The van der Waals surface area contributed by atoms with Gasteiger partial charge in [0.05, 0.1) is 16.6 Å². The predicted octanol–water partition coefficient (Wildman–Crippen LogP) is 5.46. The van der Waals surface area contributed by atoms with Gasteiger partial charge in [-0.3, -0.25) is 4.79 Å². The molecule has 35 heavy (non-hydrogen) atoms. The van der Waals surface area contributed by atoms with E-state index in [9.17, 15) is 13.2 Å². The topological polar surface area (TPSA) is 92.5 Å². The number of halogens is 1. The highest BCUT2D eigenvalue weighted by Gasteiger charge is 2.37. The van der Waals surface area contributed by atoms with Gasteiger partial charge < -0.3 is 9.84 Å². The summed E-state index contributed by atoms with van der Waals surface area (Å²) >= 11 is 6.25. The molecule has 0 bridgehead atoms. The van der Waals surface area contributed by atoms with Gasteiger partial charge in [0.25, 0.3) is 0 Å². The lowest BCUT2D eigenvalue weighted by molar-refractivity contribution is -0.120. The smallest absolute Gasteiger partial charge is 0.248 e. The maximum Gasteiger partial charge on any atom is 0.248 e. The molecule has 0 unspecified atom stereocenters. The molecule has 184 valence electrons. The van der Waals surface area contributed by atoms with Crippen LogP contribution in [0.2, 0.25) is 5.02 Å².